The van der Waals surface area contributed by atoms with E-state index in [1.165, 1.54) is 0 Å². The molecule has 0 amide bonds. The molecular weight excluding hydrogens is 324 g/mol. The number of hydrogen-bond donors (Lipinski definition) is 1. The number of halogens is 1. The maximum Gasteiger partial charge on any atom is 0.324 e. The molecule has 0 fully saturated rings. The zero-order valence-corrected chi connectivity index (χ0v) is 14.7. The third-order valence-electron chi connectivity index (χ3n) is 3.61. The Kier molecular flexibility index (Phi) is 4.98. The first-order valence-corrected chi connectivity index (χ1v) is 9.91. The van der Waals surface area contributed by atoms with Crippen LogP contribution >= 0.6 is 15.9 Å². The lowest BCUT2D eigenvalue weighted by atomic mass is 10.1. The molecule has 0 aliphatic heterocycles. The summed E-state index contributed by atoms with van der Waals surface area (Å²) in [6.07, 6.45) is 0. The maximum absolute atomic E-state index is 12.2. The fourth-order valence-electron chi connectivity index (χ4n) is 1.25. The Morgan fingerprint density at radius 3 is 2.37 bits per heavy atom. The largest absolute Gasteiger partial charge is 0.516 e. The minimum atomic E-state index is -2.10. The molecule has 0 spiro atoms. The van der Waals surface area contributed by atoms with Crippen molar-refractivity contribution in [3.05, 3.63) is 33.8 Å². The van der Waals surface area contributed by atoms with Crippen LogP contribution in [0.25, 0.3) is 0 Å². The molecule has 0 atom stereocenters. The molecule has 1 aromatic carbocycles. The van der Waals surface area contributed by atoms with E-state index in [9.17, 15) is 4.79 Å². The van der Waals surface area contributed by atoms with E-state index in [4.69, 9.17) is 9.53 Å². The van der Waals surface area contributed by atoms with E-state index in [1.807, 2.05) is 13.1 Å². The average Bonchev–Trinajstić information content (AvgIpc) is 2.26. The van der Waals surface area contributed by atoms with Crippen molar-refractivity contribution in [2.75, 3.05) is 0 Å². The molecule has 0 heterocycles. The van der Waals surface area contributed by atoms with Gasteiger partial charge in [-0.2, -0.15) is 0 Å². The number of benzene rings is 1. The second-order valence-electron chi connectivity index (χ2n) is 6.11. The summed E-state index contributed by atoms with van der Waals surface area (Å²) in [7, 11) is -2.10. The van der Waals surface area contributed by atoms with Crippen LogP contribution < -0.4 is 0 Å². The topological polar surface area (TPSA) is 46.5 Å². The van der Waals surface area contributed by atoms with Crippen molar-refractivity contribution in [1.82, 2.24) is 0 Å². The van der Waals surface area contributed by atoms with Gasteiger partial charge in [0.05, 0.1) is 12.2 Å². The SMILES string of the molecule is CC(C)(C)[Si](C)(C)OC(=O)c1ccc(CO)c(Br)c1. The number of aliphatic hydroxyl groups excluding tert-OH is 1. The maximum atomic E-state index is 12.2. The van der Waals surface area contributed by atoms with E-state index in [2.05, 4.69) is 36.7 Å². The molecule has 0 saturated heterocycles. The molecule has 0 radical (unpaired) electrons. The van der Waals surface area contributed by atoms with Gasteiger partial charge in [-0.1, -0.05) is 42.8 Å². The summed E-state index contributed by atoms with van der Waals surface area (Å²) < 4.78 is 6.46. The molecule has 0 unspecified atom stereocenters. The molecule has 106 valence electrons. The lowest BCUT2D eigenvalue weighted by molar-refractivity contribution is 0.0712. The van der Waals surface area contributed by atoms with Crippen LogP contribution in [0.4, 0.5) is 0 Å². The normalized spacial score (nSPS) is 12.4. The molecule has 3 nitrogen and oxygen atoms in total. The molecule has 19 heavy (non-hydrogen) atoms. The van der Waals surface area contributed by atoms with Gasteiger partial charge in [0, 0.05) is 4.47 Å². The van der Waals surface area contributed by atoms with E-state index in [-0.39, 0.29) is 17.6 Å². The molecular formula is C14H21BrO3Si. The summed E-state index contributed by atoms with van der Waals surface area (Å²) in [6, 6.07) is 5.11. The second-order valence-corrected chi connectivity index (χ2v) is 11.7. The summed E-state index contributed by atoms with van der Waals surface area (Å²) in [5, 5.41) is 9.09. The van der Waals surface area contributed by atoms with Gasteiger partial charge in [0.1, 0.15) is 0 Å². The fraction of sp³-hybridized carbons (Fsp3) is 0.500. The molecule has 0 saturated carbocycles. The molecule has 1 rings (SSSR count). The second kappa shape index (κ2) is 5.77. The summed E-state index contributed by atoms with van der Waals surface area (Å²) in [6.45, 7) is 10.3. The molecule has 1 aromatic rings. The van der Waals surface area contributed by atoms with Gasteiger partial charge >= 0.3 is 5.97 Å². The summed E-state index contributed by atoms with van der Waals surface area (Å²) in [5.41, 5.74) is 1.26. The first-order valence-electron chi connectivity index (χ1n) is 6.21. The Labute approximate surface area is 124 Å². The Bertz CT molecular complexity index is 478. The number of rotatable bonds is 3. The number of hydrogen-bond acceptors (Lipinski definition) is 3. The van der Waals surface area contributed by atoms with Gasteiger partial charge < -0.3 is 9.53 Å². The van der Waals surface area contributed by atoms with Gasteiger partial charge in [0.15, 0.2) is 0 Å². The van der Waals surface area contributed by atoms with Crippen LogP contribution in [-0.4, -0.2) is 19.4 Å². The highest BCUT2D eigenvalue weighted by atomic mass is 79.9. The summed E-state index contributed by atoms with van der Waals surface area (Å²) in [5.74, 6) is -0.295. The molecule has 0 aliphatic rings. The zero-order valence-electron chi connectivity index (χ0n) is 12.1. The van der Waals surface area contributed by atoms with E-state index in [1.54, 1.807) is 18.2 Å². The first kappa shape index (κ1) is 16.4. The third-order valence-corrected chi connectivity index (χ3v) is 8.66. The number of carbonyl (C=O) groups is 1. The van der Waals surface area contributed by atoms with Crippen LogP contribution in [0, 0.1) is 0 Å². The smallest absolute Gasteiger partial charge is 0.324 e. The van der Waals surface area contributed by atoms with Gasteiger partial charge in [0.25, 0.3) is 8.32 Å². The highest BCUT2D eigenvalue weighted by molar-refractivity contribution is 9.10. The highest BCUT2D eigenvalue weighted by Gasteiger charge is 2.40. The Hall–Kier alpha value is -0.653. The predicted octanol–water partition coefficient (Wildman–Crippen LogP) is 4.10. The minimum absolute atomic E-state index is 0.00900. The monoisotopic (exact) mass is 344 g/mol. The third kappa shape index (κ3) is 3.90. The van der Waals surface area contributed by atoms with Gasteiger partial charge in [-0.3, -0.25) is 0 Å². The van der Waals surface area contributed by atoms with Crippen LogP contribution in [0.15, 0.2) is 22.7 Å². The van der Waals surface area contributed by atoms with Crippen molar-refractivity contribution in [3.8, 4) is 0 Å². The Morgan fingerprint density at radius 2 is 1.95 bits per heavy atom. The Balaban J connectivity index is 2.94. The van der Waals surface area contributed by atoms with Gasteiger partial charge in [-0.25, -0.2) is 4.79 Å². The highest BCUT2D eigenvalue weighted by Crippen LogP contribution is 2.37. The molecule has 1 N–H and O–H groups in total. The molecule has 0 aromatic heterocycles. The van der Waals surface area contributed by atoms with E-state index in [0.29, 0.717) is 5.56 Å². The first-order chi connectivity index (χ1) is 8.58. The Morgan fingerprint density at radius 1 is 1.37 bits per heavy atom. The standard InChI is InChI=1S/C14H21BrO3Si/c1-14(2,3)19(4,5)18-13(17)10-6-7-11(9-16)12(15)8-10/h6-8,16H,9H2,1-5H3. The van der Waals surface area contributed by atoms with E-state index >= 15 is 0 Å². The van der Waals surface area contributed by atoms with Crippen LogP contribution in [0.5, 0.6) is 0 Å². The lowest BCUT2D eigenvalue weighted by Gasteiger charge is -2.35. The van der Waals surface area contributed by atoms with Crippen molar-refractivity contribution in [3.63, 3.8) is 0 Å². The van der Waals surface area contributed by atoms with Crippen LogP contribution in [0.1, 0.15) is 36.7 Å². The van der Waals surface area contributed by atoms with Crippen molar-refractivity contribution >= 4 is 30.2 Å². The van der Waals surface area contributed by atoms with Gasteiger partial charge in [0.2, 0.25) is 0 Å². The summed E-state index contributed by atoms with van der Waals surface area (Å²) in [4.78, 5) is 12.2. The predicted molar refractivity (Wildman–Crippen MR) is 82.7 cm³/mol. The number of carbonyl (C=O) groups excluding carboxylic acids is 1. The zero-order chi connectivity index (χ0) is 14.8. The van der Waals surface area contributed by atoms with Crippen molar-refractivity contribution in [2.24, 2.45) is 0 Å². The lowest BCUT2D eigenvalue weighted by Crippen LogP contribution is -2.42. The molecule has 0 bridgehead atoms. The van der Waals surface area contributed by atoms with E-state index < -0.39 is 8.32 Å². The van der Waals surface area contributed by atoms with Crippen LogP contribution in [0.2, 0.25) is 18.1 Å². The molecule has 0 aliphatic carbocycles. The van der Waals surface area contributed by atoms with Gasteiger partial charge in [-0.15, -0.1) is 0 Å². The van der Waals surface area contributed by atoms with Crippen molar-refractivity contribution in [2.45, 2.75) is 45.5 Å². The average molecular weight is 345 g/mol. The van der Waals surface area contributed by atoms with Crippen LogP contribution in [-0.2, 0) is 11.0 Å². The summed E-state index contributed by atoms with van der Waals surface area (Å²) >= 11 is 3.34. The van der Waals surface area contributed by atoms with Crippen molar-refractivity contribution < 1.29 is 14.3 Å². The fourth-order valence-corrected chi connectivity index (χ4v) is 2.64. The van der Waals surface area contributed by atoms with Crippen LogP contribution in [0.3, 0.4) is 0 Å². The molecule has 5 heteroatoms. The quantitative estimate of drug-likeness (QED) is 0.839. The van der Waals surface area contributed by atoms with Crippen molar-refractivity contribution in [1.29, 1.82) is 0 Å². The van der Waals surface area contributed by atoms with E-state index in [0.717, 1.165) is 10.0 Å². The van der Waals surface area contributed by atoms with Gasteiger partial charge in [-0.05, 0) is 35.8 Å². The minimum Gasteiger partial charge on any atom is -0.516 e. The number of aliphatic hydroxyl groups is 1.